The van der Waals surface area contributed by atoms with Gasteiger partial charge < -0.3 is 21.1 Å². The van der Waals surface area contributed by atoms with Gasteiger partial charge in [-0.15, -0.1) is 0 Å². The van der Waals surface area contributed by atoms with E-state index in [9.17, 15) is 41.1 Å². The van der Waals surface area contributed by atoms with E-state index in [-0.39, 0.29) is 5.56 Å². The fourth-order valence-corrected chi connectivity index (χ4v) is 2.49. The van der Waals surface area contributed by atoms with Crippen molar-refractivity contribution in [2.45, 2.75) is 12.5 Å². The van der Waals surface area contributed by atoms with Crippen molar-refractivity contribution in [3.8, 4) is 0 Å². The Kier molecular flexibility index (Phi) is 8.29. The second-order valence-corrected chi connectivity index (χ2v) is 6.74. The Hall–Kier alpha value is -3.74. The van der Waals surface area contributed by atoms with Crippen LogP contribution in [0.4, 0.5) is 27.6 Å². The van der Waals surface area contributed by atoms with Gasteiger partial charge in [0.25, 0.3) is 11.8 Å². The summed E-state index contributed by atoms with van der Waals surface area (Å²) in [4.78, 5) is 47.4. The Morgan fingerprint density at radius 1 is 0.909 bits per heavy atom. The lowest BCUT2D eigenvalue weighted by molar-refractivity contribution is -0.150. The van der Waals surface area contributed by atoms with Crippen LogP contribution in [0, 0.1) is 29.1 Å². The molecular formula is C19H13ClF5N3O5. The minimum Gasteiger partial charge on any atom is -0.454 e. The molecule has 0 aliphatic rings. The zero-order chi connectivity index (χ0) is 24.9. The zero-order valence-corrected chi connectivity index (χ0v) is 16.9. The van der Waals surface area contributed by atoms with E-state index in [2.05, 4.69) is 10.1 Å². The Morgan fingerprint density at radius 3 is 1.94 bits per heavy atom. The molecule has 0 aromatic heterocycles. The maximum atomic E-state index is 13.6. The first-order chi connectivity index (χ1) is 15.4. The molecule has 0 bridgehead atoms. The number of ether oxygens (including phenoxy) is 1. The second-order valence-electron chi connectivity index (χ2n) is 6.30. The Labute approximate surface area is 186 Å². The topological polar surface area (TPSA) is 128 Å². The first-order valence-corrected chi connectivity index (χ1v) is 9.12. The highest BCUT2D eigenvalue weighted by molar-refractivity contribution is 6.30. The fraction of sp³-hybridized carbons (Fsp3) is 0.158. The molecule has 0 fully saturated rings. The molecule has 3 amide bonds. The number of rotatable bonds is 8. The zero-order valence-electron chi connectivity index (χ0n) is 16.2. The molecule has 0 unspecified atom stereocenters. The molecule has 0 saturated heterocycles. The maximum Gasteiger partial charge on any atom is 0.329 e. The predicted octanol–water partition coefficient (Wildman–Crippen LogP) is 2.19. The summed E-state index contributed by atoms with van der Waals surface area (Å²) >= 11 is 5.70. The van der Waals surface area contributed by atoms with Crippen LogP contribution in [-0.2, 0) is 19.1 Å². The van der Waals surface area contributed by atoms with Crippen LogP contribution in [0.25, 0.3) is 0 Å². The number of halogens is 6. The van der Waals surface area contributed by atoms with Crippen LogP contribution in [0.5, 0.6) is 0 Å². The van der Waals surface area contributed by atoms with Crippen molar-refractivity contribution in [1.82, 2.24) is 5.32 Å². The predicted molar refractivity (Wildman–Crippen MR) is 102 cm³/mol. The van der Waals surface area contributed by atoms with Crippen LogP contribution >= 0.6 is 11.6 Å². The molecule has 33 heavy (non-hydrogen) atoms. The van der Waals surface area contributed by atoms with Gasteiger partial charge in [0.2, 0.25) is 11.7 Å². The minimum absolute atomic E-state index is 0.0470. The number of primary amides is 1. The van der Waals surface area contributed by atoms with Gasteiger partial charge in [0.15, 0.2) is 29.9 Å². The van der Waals surface area contributed by atoms with Gasteiger partial charge in [-0.2, -0.15) is 0 Å². The van der Waals surface area contributed by atoms with Gasteiger partial charge in [0.05, 0.1) is 6.42 Å². The summed E-state index contributed by atoms with van der Waals surface area (Å²) < 4.78 is 71.2. The van der Waals surface area contributed by atoms with Crippen molar-refractivity contribution in [2.24, 2.45) is 5.73 Å². The van der Waals surface area contributed by atoms with Gasteiger partial charge in [-0.3, -0.25) is 14.4 Å². The van der Waals surface area contributed by atoms with Crippen molar-refractivity contribution < 1.29 is 45.9 Å². The third-order valence-corrected chi connectivity index (χ3v) is 4.17. The van der Waals surface area contributed by atoms with Gasteiger partial charge in [0.1, 0.15) is 11.7 Å². The lowest BCUT2D eigenvalue weighted by atomic mass is 10.1. The Balaban J connectivity index is 2.06. The van der Waals surface area contributed by atoms with Crippen molar-refractivity contribution >= 4 is 41.0 Å². The van der Waals surface area contributed by atoms with Crippen LogP contribution in [0.1, 0.15) is 16.8 Å². The normalized spacial score (nSPS) is 11.5. The number of amides is 3. The molecule has 0 saturated carbocycles. The number of nitrogens with one attached hydrogen (secondary N) is 2. The summed E-state index contributed by atoms with van der Waals surface area (Å²) in [5, 5.41) is 3.86. The average molecular weight is 494 g/mol. The third-order valence-electron chi connectivity index (χ3n) is 3.92. The number of anilines is 1. The lowest BCUT2D eigenvalue weighted by Gasteiger charge is -2.16. The maximum absolute atomic E-state index is 13.6. The van der Waals surface area contributed by atoms with Crippen molar-refractivity contribution in [3.63, 3.8) is 0 Å². The van der Waals surface area contributed by atoms with Crippen molar-refractivity contribution in [3.05, 3.63) is 63.9 Å². The fourth-order valence-electron chi connectivity index (χ4n) is 2.36. The van der Waals surface area contributed by atoms with E-state index in [4.69, 9.17) is 17.3 Å². The highest BCUT2D eigenvalue weighted by atomic mass is 35.5. The van der Waals surface area contributed by atoms with E-state index in [0.717, 1.165) is 0 Å². The molecule has 0 heterocycles. The van der Waals surface area contributed by atoms with E-state index in [1.165, 1.54) is 29.6 Å². The number of hydrogen-bond acceptors (Lipinski definition) is 5. The SMILES string of the molecule is NC(=O)C[C@@H](NC(=O)c1ccc(Cl)cc1)C(=O)OCC(=O)Nc1c(F)c(F)c(F)c(F)c1F. The molecule has 176 valence electrons. The summed E-state index contributed by atoms with van der Waals surface area (Å²) in [6.45, 7) is -1.26. The first-order valence-electron chi connectivity index (χ1n) is 8.75. The number of esters is 1. The Bertz CT molecular complexity index is 1080. The molecule has 2 aromatic carbocycles. The molecule has 0 radical (unpaired) electrons. The number of nitrogens with two attached hydrogens (primary N) is 1. The molecule has 0 aliphatic heterocycles. The molecule has 0 aliphatic carbocycles. The van der Waals surface area contributed by atoms with Crippen LogP contribution in [0.2, 0.25) is 5.02 Å². The quantitative estimate of drug-likeness (QED) is 0.225. The van der Waals surface area contributed by atoms with Gasteiger partial charge in [-0.05, 0) is 24.3 Å². The van der Waals surface area contributed by atoms with E-state index >= 15 is 0 Å². The molecule has 4 N–H and O–H groups in total. The van der Waals surface area contributed by atoms with E-state index in [1.54, 1.807) is 0 Å². The smallest absolute Gasteiger partial charge is 0.329 e. The molecule has 0 spiro atoms. The number of carbonyl (C=O) groups is 4. The number of benzene rings is 2. The summed E-state index contributed by atoms with van der Waals surface area (Å²) in [6, 6.07) is 3.71. The standard InChI is InChI=1S/C19H13ClF5N3O5/c20-8-3-1-7(2-4-8)18(31)27-9(5-10(26)29)19(32)33-6-11(30)28-17-15(24)13(22)12(21)14(23)16(17)25/h1-4,9H,5-6H2,(H2,26,29)(H,27,31)(H,28,30)/t9-/m1/s1. The monoisotopic (exact) mass is 493 g/mol. The molecule has 8 nitrogen and oxygen atoms in total. The summed E-state index contributed by atoms with van der Waals surface area (Å²) in [6.07, 6.45) is -0.739. The van der Waals surface area contributed by atoms with Crippen molar-refractivity contribution in [1.29, 1.82) is 0 Å². The van der Waals surface area contributed by atoms with Crippen LogP contribution in [0.3, 0.4) is 0 Å². The van der Waals surface area contributed by atoms with Crippen LogP contribution in [-0.4, -0.2) is 36.3 Å². The summed E-state index contributed by atoms with van der Waals surface area (Å²) in [5.74, 6) is -16.3. The molecule has 2 rings (SSSR count). The number of hydrogen-bond donors (Lipinski definition) is 3. The van der Waals surface area contributed by atoms with Gasteiger partial charge in [0, 0.05) is 10.6 Å². The van der Waals surface area contributed by atoms with Gasteiger partial charge >= 0.3 is 5.97 Å². The van der Waals surface area contributed by atoms with Gasteiger partial charge in [-0.1, -0.05) is 11.6 Å². The number of carbonyl (C=O) groups excluding carboxylic acids is 4. The molecular weight excluding hydrogens is 481 g/mol. The van der Waals surface area contributed by atoms with E-state index in [0.29, 0.717) is 5.02 Å². The molecule has 2 aromatic rings. The van der Waals surface area contributed by atoms with Crippen molar-refractivity contribution in [2.75, 3.05) is 11.9 Å². The highest BCUT2D eigenvalue weighted by Gasteiger charge is 2.28. The first kappa shape index (κ1) is 25.5. The third kappa shape index (κ3) is 6.38. The average Bonchev–Trinajstić information content (AvgIpc) is 2.77. The van der Waals surface area contributed by atoms with Crippen LogP contribution in [0.15, 0.2) is 24.3 Å². The van der Waals surface area contributed by atoms with E-state index in [1.807, 2.05) is 0 Å². The highest BCUT2D eigenvalue weighted by Crippen LogP contribution is 2.27. The lowest BCUT2D eigenvalue weighted by Crippen LogP contribution is -2.45. The van der Waals surface area contributed by atoms with E-state index < -0.39 is 77.5 Å². The summed E-state index contributed by atoms with van der Waals surface area (Å²) in [5.41, 5.74) is 3.41. The van der Waals surface area contributed by atoms with Crippen LogP contribution < -0.4 is 16.4 Å². The molecule has 14 heteroatoms. The largest absolute Gasteiger partial charge is 0.454 e. The Morgan fingerprint density at radius 2 is 1.42 bits per heavy atom. The minimum atomic E-state index is -2.43. The molecule has 1 atom stereocenters. The summed E-state index contributed by atoms with van der Waals surface area (Å²) in [7, 11) is 0. The van der Waals surface area contributed by atoms with Gasteiger partial charge in [-0.25, -0.2) is 26.7 Å². The second kappa shape index (κ2) is 10.7.